The van der Waals surface area contributed by atoms with Gasteiger partial charge in [0, 0.05) is 22.9 Å². The van der Waals surface area contributed by atoms with Gasteiger partial charge >= 0.3 is 0 Å². The van der Waals surface area contributed by atoms with Crippen LogP contribution in [0.2, 0.25) is 0 Å². The maximum Gasteiger partial charge on any atom is 0.149 e. The Bertz CT molecular complexity index is 2780. The van der Waals surface area contributed by atoms with E-state index >= 15 is 0 Å². The Morgan fingerprint density at radius 2 is 1.21 bits per heavy atom. The van der Waals surface area contributed by atoms with Crippen molar-refractivity contribution in [3.05, 3.63) is 167 Å². The third-order valence-electron chi connectivity index (χ3n) is 11.1. The minimum Gasteiger partial charge on any atom is -0.507 e. The lowest BCUT2D eigenvalue weighted by Gasteiger charge is -2.22. The van der Waals surface area contributed by atoms with E-state index in [1.165, 1.54) is 16.7 Å². The molecule has 8 rings (SSSR count). The summed E-state index contributed by atoms with van der Waals surface area (Å²) in [6, 6.07) is 47.7. The van der Waals surface area contributed by atoms with Gasteiger partial charge in [-0.15, -0.1) is 0 Å². The summed E-state index contributed by atoms with van der Waals surface area (Å²) in [5.74, 6) is 0.936. The summed E-state index contributed by atoms with van der Waals surface area (Å²) in [6.45, 7) is 19.7. The van der Waals surface area contributed by atoms with Gasteiger partial charge in [-0.3, -0.25) is 9.55 Å². The van der Waals surface area contributed by atoms with Gasteiger partial charge in [0.1, 0.15) is 11.6 Å². The summed E-state index contributed by atoms with van der Waals surface area (Å²) in [7, 11) is 0. The molecule has 0 fully saturated rings. The van der Waals surface area contributed by atoms with Gasteiger partial charge in [-0.05, 0) is 125 Å². The van der Waals surface area contributed by atoms with Crippen molar-refractivity contribution in [1.82, 2.24) is 14.5 Å². The van der Waals surface area contributed by atoms with Crippen molar-refractivity contribution in [2.75, 3.05) is 0 Å². The number of phenolic OH excluding ortho intramolecular Hbond substituents is 1. The summed E-state index contributed by atoms with van der Waals surface area (Å²) < 4.78 is 2.25. The molecule has 57 heavy (non-hydrogen) atoms. The predicted molar refractivity (Wildman–Crippen MR) is 239 cm³/mol. The van der Waals surface area contributed by atoms with Crippen LogP contribution in [0.3, 0.4) is 0 Å². The fourth-order valence-corrected chi connectivity index (χ4v) is 7.88. The molecule has 0 aliphatic carbocycles. The normalized spacial score (nSPS) is 12.0. The highest BCUT2D eigenvalue weighted by Gasteiger charge is 2.25. The van der Waals surface area contributed by atoms with Crippen LogP contribution >= 0.6 is 0 Å². The van der Waals surface area contributed by atoms with Crippen LogP contribution < -0.4 is 0 Å². The Morgan fingerprint density at radius 1 is 0.509 bits per heavy atom. The average Bonchev–Trinajstić information content (AvgIpc) is 3.58. The van der Waals surface area contributed by atoms with Crippen LogP contribution in [0.15, 0.2) is 140 Å². The Morgan fingerprint density at radius 3 is 1.93 bits per heavy atom. The molecule has 6 aromatic carbocycles. The minimum atomic E-state index is -0.121. The van der Waals surface area contributed by atoms with Crippen LogP contribution in [0.4, 0.5) is 0 Å². The fourth-order valence-electron chi connectivity index (χ4n) is 7.88. The smallest absolute Gasteiger partial charge is 0.149 e. The number of aromatic hydroxyl groups is 1. The summed E-state index contributed by atoms with van der Waals surface area (Å²) in [5.41, 5.74) is 17.6. The van der Waals surface area contributed by atoms with E-state index in [2.05, 4.69) is 181 Å². The van der Waals surface area contributed by atoms with Gasteiger partial charge in [0.15, 0.2) is 0 Å². The number of para-hydroxylation sites is 1. The van der Waals surface area contributed by atoms with Gasteiger partial charge in [0.25, 0.3) is 0 Å². The number of aromatic nitrogens is 3. The quantitative estimate of drug-likeness (QED) is 0.184. The molecule has 284 valence electrons. The van der Waals surface area contributed by atoms with E-state index in [9.17, 15) is 5.11 Å². The van der Waals surface area contributed by atoms with Crippen molar-refractivity contribution >= 4 is 11.0 Å². The molecule has 0 spiro atoms. The molecule has 0 aliphatic rings. The van der Waals surface area contributed by atoms with Crippen molar-refractivity contribution in [2.45, 2.75) is 73.1 Å². The first-order valence-corrected chi connectivity index (χ1v) is 19.9. The molecule has 0 unspecified atom stereocenters. The number of phenols is 1. The molecule has 1 N–H and O–H groups in total. The van der Waals surface area contributed by atoms with Crippen LogP contribution in [-0.4, -0.2) is 19.6 Å². The maximum absolute atomic E-state index is 11.7. The summed E-state index contributed by atoms with van der Waals surface area (Å²) >= 11 is 0. The second kappa shape index (κ2) is 14.4. The summed E-state index contributed by atoms with van der Waals surface area (Å²) in [5, 5.41) is 11.7. The molecule has 0 aliphatic heterocycles. The van der Waals surface area contributed by atoms with E-state index in [0.717, 1.165) is 72.5 Å². The summed E-state index contributed by atoms with van der Waals surface area (Å²) in [4.78, 5) is 10.4. The van der Waals surface area contributed by atoms with E-state index in [4.69, 9.17) is 9.97 Å². The molecule has 0 radical (unpaired) electrons. The van der Waals surface area contributed by atoms with E-state index in [1.54, 1.807) is 0 Å². The number of fused-ring (bicyclic) bond motifs is 1. The van der Waals surface area contributed by atoms with E-state index in [-0.39, 0.29) is 16.6 Å². The highest BCUT2D eigenvalue weighted by atomic mass is 16.3. The molecule has 0 saturated heterocycles. The predicted octanol–water partition coefficient (Wildman–Crippen LogP) is 14.0. The maximum atomic E-state index is 11.7. The van der Waals surface area contributed by atoms with Gasteiger partial charge in [-0.25, -0.2) is 4.98 Å². The minimum absolute atomic E-state index is 0.0452. The lowest BCUT2D eigenvalue weighted by molar-refractivity contribution is 0.472. The van der Waals surface area contributed by atoms with Crippen molar-refractivity contribution in [2.24, 2.45) is 0 Å². The molecule has 0 bridgehead atoms. The molecular weight excluding hydrogens is 695 g/mol. The number of pyridine rings is 1. The van der Waals surface area contributed by atoms with Crippen molar-refractivity contribution in [3.63, 3.8) is 0 Å². The van der Waals surface area contributed by atoms with Crippen LogP contribution in [0.25, 0.3) is 72.7 Å². The van der Waals surface area contributed by atoms with Gasteiger partial charge in [-0.2, -0.15) is 0 Å². The highest BCUT2D eigenvalue weighted by Crippen LogP contribution is 2.43. The number of hydrogen-bond donors (Lipinski definition) is 1. The Balaban J connectivity index is 1.39. The number of hydrogen-bond acceptors (Lipinski definition) is 3. The topological polar surface area (TPSA) is 50.9 Å². The van der Waals surface area contributed by atoms with Crippen LogP contribution in [0.1, 0.15) is 69.4 Å². The van der Waals surface area contributed by atoms with Crippen LogP contribution in [-0.2, 0) is 10.8 Å². The van der Waals surface area contributed by atoms with Gasteiger partial charge in [-0.1, -0.05) is 132 Å². The van der Waals surface area contributed by atoms with Gasteiger partial charge < -0.3 is 5.11 Å². The van der Waals surface area contributed by atoms with E-state index < -0.39 is 0 Å². The van der Waals surface area contributed by atoms with E-state index in [1.807, 2.05) is 25.3 Å². The zero-order valence-corrected chi connectivity index (χ0v) is 34.6. The molecule has 0 saturated carbocycles. The van der Waals surface area contributed by atoms with Gasteiger partial charge in [0.2, 0.25) is 0 Å². The Kier molecular flexibility index (Phi) is 9.48. The van der Waals surface area contributed by atoms with Gasteiger partial charge in [0.05, 0.1) is 28.0 Å². The molecular formula is C53H51N3O. The first kappa shape index (κ1) is 37.7. The number of benzene rings is 6. The molecule has 0 amide bonds. The monoisotopic (exact) mass is 745 g/mol. The third kappa shape index (κ3) is 7.29. The standard InChI is InChI=1S/C53H51N3O/c1-33-18-23-47(44(27-33)37-19-21-41(22-20-37)52(4,5)6)56-48-17-13-16-43(49(48)55-51(56)45-28-34(2)26-35(3)50(45)57)39-29-40(31-42(30-39)53(7,8)9)46-32-38(24-25-54-46)36-14-11-10-12-15-36/h10-32,57H,1-9H3. The first-order valence-electron chi connectivity index (χ1n) is 19.9. The number of aryl methyl sites for hydroxylation is 3. The summed E-state index contributed by atoms with van der Waals surface area (Å²) in [6.07, 6.45) is 1.90. The largest absolute Gasteiger partial charge is 0.507 e. The average molecular weight is 746 g/mol. The number of imidazole rings is 1. The zero-order chi connectivity index (χ0) is 40.2. The third-order valence-corrected chi connectivity index (χ3v) is 11.1. The second-order valence-corrected chi connectivity index (χ2v) is 17.6. The molecule has 4 nitrogen and oxygen atoms in total. The van der Waals surface area contributed by atoms with Crippen molar-refractivity contribution < 1.29 is 5.11 Å². The first-order chi connectivity index (χ1) is 27.2. The SMILES string of the molecule is Cc1ccc(-n2c(-c3cc(C)cc(C)c3O)nc3c(-c4cc(-c5cc(-c6ccccc6)ccn5)cc(C(C)(C)C)c4)cccc32)c(-c2ccc(C(C)(C)C)cc2)c1. The van der Waals surface area contributed by atoms with E-state index in [0.29, 0.717) is 11.4 Å². The van der Waals surface area contributed by atoms with Crippen molar-refractivity contribution in [3.8, 4) is 67.5 Å². The zero-order valence-electron chi connectivity index (χ0n) is 34.6. The number of rotatable bonds is 6. The number of nitrogens with zero attached hydrogens (tertiary/aromatic N) is 3. The molecule has 2 aromatic heterocycles. The fraction of sp³-hybridized carbons (Fsp3) is 0.208. The Hall–Kier alpha value is -6.26. The molecule has 0 atom stereocenters. The van der Waals surface area contributed by atoms with Crippen LogP contribution in [0.5, 0.6) is 5.75 Å². The lowest BCUT2D eigenvalue weighted by Crippen LogP contribution is -2.11. The molecule has 4 heteroatoms. The van der Waals surface area contributed by atoms with Crippen LogP contribution in [0, 0.1) is 20.8 Å². The highest BCUT2D eigenvalue weighted by molar-refractivity contribution is 5.98. The Labute approximate surface area is 337 Å². The lowest BCUT2D eigenvalue weighted by atomic mass is 9.83. The molecule has 2 heterocycles. The molecule has 8 aromatic rings. The second-order valence-electron chi connectivity index (χ2n) is 17.6. The van der Waals surface area contributed by atoms with Crippen molar-refractivity contribution in [1.29, 1.82) is 0 Å².